The molecule has 5 N–H and O–H groups in total. The number of nitrogens with two attached hydrogens (primary N) is 1. The van der Waals surface area contributed by atoms with Crippen LogP contribution >= 0.6 is 0 Å². The molecule has 22 heteroatoms. The summed E-state index contributed by atoms with van der Waals surface area (Å²) in [4.78, 5) is 27.7. The molecule has 1 saturated heterocycles. The molecule has 0 amide bonds. The van der Waals surface area contributed by atoms with Crippen molar-refractivity contribution >= 4 is 34.8 Å². The van der Waals surface area contributed by atoms with E-state index < -0.39 is 54.1 Å². The number of pyridine rings is 1. The van der Waals surface area contributed by atoms with Crippen LogP contribution in [0.4, 0.5) is 65.6 Å². The predicted octanol–water partition coefficient (Wildman–Crippen LogP) is 5.80. The fourth-order valence-corrected chi connectivity index (χ4v) is 4.30. The van der Waals surface area contributed by atoms with Crippen LogP contribution in [0, 0.1) is 17.6 Å². The Morgan fingerprint density at radius 1 is 0.857 bits per heavy atom. The van der Waals surface area contributed by atoms with Crippen LogP contribution in [0.3, 0.4) is 0 Å². The lowest BCUT2D eigenvalue weighted by Gasteiger charge is -2.39. The number of piperidine rings is 1. The summed E-state index contributed by atoms with van der Waals surface area (Å²) in [6, 6.07) is 7.56. The highest BCUT2D eigenvalue weighted by molar-refractivity contribution is 5.74. The molecule has 0 bridgehead atoms. The lowest BCUT2D eigenvalue weighted by Crippen LogP contribution is -2.51. The molecular weight excluding hydrogens is 695 g/mol. The average Bonchev–Trinajstić information content (AvgIpc) is 3.38. The second-order valence-electron chi connectivity index (χ2n) is 10.00. The molecule has 49 heavy (non-hydrogen) atoms. The molecule has 0 unspecified atom stereocenters. The third-order valence-corrected chi connectivity index (χ3v) is 6.42. The van der Waals surface area contributed by atoms with Gasteiger partial charge < -0.3 is 26.2 Å². The number of hydrogen-bond donors (Lipinski definition) is 4. The van der Waals surface area contributed by atoms with Gasteiger partial charge >= 0.3 is 30.5 Å². The Hall–Kier alpha value is -5.28. The van der Waals surface area contributed by atoms with Crippen molar-refractivity contribution in [2.24, 2.45) is 11.7 Å². The Balaban J connectivity index is 0.000000392. The van der Waals surface area contributed by atoms with E-state index in [0.717, 1.165) is 12.1 Å². The summed E-state index contributed by atoms with van der Waals surface area (Å²) in [7, 11) is 0. The van der Waals surface area contributed by atoms with Gasteiger partial charge in [0, 0.05) is 25.3 Å². The maximum atomic E-state index is 14.3. The van der Waals surface area contributed by atoms with Gasteiger partial charge in [-0.3, -0.25) is 4.98 Å². The van der Waals surface area contributed by atoms with Gasteiger partial charge in [0.25, 0.3) is 0 Å². The van der Waals surface area contributed by atoms with Crippen molar-refractivity contribution in [1.82, 2.24) is 19.6 Å². The zero-order valence-corrected chi connectivity index (χ0v) is 24.2. The second kappa shape index (κ2) is 14.9. The van der Waals surface area contributed by atoms with Crippen LogP contribution < -0.4 is 16.0 Å². The van der Waals surface area contributed by atoms with E-state index in [1.54, 1.807) is 17.0 Å². The Kier molecular flexibility index (Phi) is 11.6. The highest BCUT2D eigenvalue weighted by Crippen LogP contribution is 2.37. The molecule has 5 rings (SSSR count). The lowest BCUT2D eigenvalue weighted by atomic mass is 9.93. The van der Waals surface area contributed by atoms with Crippen LogP contribution in [0.1, 0.15) is 6.42 Å². The maximum absolute atomic E-state index is 14.3. The molecule has 4 heterocycles. The van der Waals surface area contributed by atoms with E-state index in [1.807, 2.05) is 0 Å². The first-order chi connectivity index (χ1) is 22.6. The highest BCUT2D eigenvalue weighted by Gasteiger charge is 2.44. The number of imidazole rings is 1. The van der Waals surface area contributed by atoms with Crippen LogP contribution in [0.2, 0.25) is 0 Å². The SMILES string of the molecule is N[C@@H]1C[C@H](C(F)(F)F)CN(c2ccncc2Nc2ncc3ccc(-c4c(F)cccc4F)nn23)C1.O=C(O)C(F)(F)F.O=C(O)C(F)(F)F. The summed E-state index contributed by atoms with van der Waals surface area (Å²) in [5, 5.41) is 21.6. The molecule has 4 aromatic rings. The molecule has 11 nitrogen and oxygen atoms in total. The van der Waals surface area contributed by atoms with Crippen molar-refractivity contribution in [2.75, 3.05) is 23.3 Å². The number of aliphatic carboxylic acids is 2. The molecule has 0 saturated carbocycles. The minimum atomic E-state index is -5.08. The number of hydrogen-bond acceptors (Lipinski definition) is 8. The van der Waals surface area contributed by atoms with Gasteiger partial charge in [-0.1, -0.05) is 6.07 Å². The Bertz CT molecular complexity index is 1730. The summed E-state index contributed by atoms with van der Waals surface area (Å²) in [5.41, 5.74) is 7.11. The normalized spacial score (nSPS) is 16.6. The van der Waals surface area contributed by atoms with Crippen LogP contribution in [0.25, 0.3) is 16.8 Å². The van der Waals surface area contributed by atoms with E-state index in [2.05, 4.69) is 20.4 Å². The fraction of sp³-hybridized carbons (Fsp3) is 0.296. The zero-order chi connectivity index (χ0) is 36.9. The molecule has 0 aliphatic carbocycles. The summed E-state index contributed by atoms with van der Waals surface area (Å²) in [5.74, 6) is -8.40. The fourth-order valence-electron chi connectivity index (χ4n) is 4.30. The molecule has 1 aromatic carbocycles. The summed E-state index contributed by atoms with van der Waals surface area (Å²) in [6.45, 7) is -0.00422. The van der Waals surface area contributed by atoms with Gasteiger partial charge in [-0.05, 0) is 36.8 Å². The van der Waals surface area contributed by atoms with Gasteiger partial charge in [0.05, 0.1) is 46.5 Å². The first-order valence-electron chi connectivity index (χ1n) is 13.3. The topological polar surface area (TPSA) is 159 Å². The molecule has 2 atom stereocenters. The molecule has 1 aliphatic heterocycles. The summed E-state index contributed by atoms with van der Waals surface area (Å²) in [6.07, 6.45) is -10.2. The number of fused-ring (bicyclic) bond motifs is 1. The van der Waals surface area contributed by atoms with E-state index in [9.17, 15) is 48.3 Å². The summed E-state index contributed by atoms with van der Waals surface area (Å²) >= 11 is 0. The number of carboxylic acids is 2. The number of aromatic nitrogens is 4. The van der Waals surface area contributed by atoms with Gasteiger partial charge in [0.1, 0.15) is 11.6 Å². The van der Waals surface area contributed by atoms with Crippen LogP contribution in [-0.4, -0.2) is 79.4 Å². The quantitative estimate of drug-likeness (QED) is 0.190. The van der Waals surface area contributed by atoms with E-state index >= 15 is 0 Å². The van der Waals surface area contributed by atoms with Crippen LogP contribution in [0.5, 0.6) is 0 Å². The summed E-state index contributed by atoms with van der Waals surface area (Å²) < 4.78 is 134. The van der Waals surface area contributed by atoms with Crippen molar-refractivity contribution < 1.29 is 68.1 Å². The first-order valence-corrected chi connectivity index (χ1v) is 13.3. The maximum Gasteiger partial charge on any atom is 0.490 e. The number of alkyl halides is 9. The average molecular weight is 717 g/mol. The van der Waals surface area contributed by atoms with Gasteiger partial charge in [0.2, 0.25) is 5.95 Å². The number of rotatable bonds is 4. The van der Waals surface area contributed by atoms with Crippen molar-refractivity contribution in [2.45, 2.75) is 31.0 Å². The minimum absolute atomic E-state index is 0.0515. The van der Waals surface area contributed by atoms with Gasteiger partial charge in [0.15, 0.2) is 0 Å². The zero-order valence-electron chi connectivity index (χ0n) is 24.2. The lowest BCUT2D eigenvalue weighted by molar-refractivity contribution is -0.193. The largest absolute Gasteiger partial charge is 0.490 e. The van der Waals surface area contributed by atoms with E-state index in [-0.39, 0.29) is 36.7 Å². The third kappa shape index (κ3) is 10.1. The standard InChI is InChI=1S/C23H20F5N7.2C2HF3O2/c24-16-2-1-3-17(25)21(16)18-5-4-15-9-31-22(35(15)33-18)32-19-10-30-7-6-20(19)34-11-13(23(26,27)28)8-14(29)12-34;2*3-2(4,5)1(6)7/h1-7,9-10,13-14H,8,11-12,29H2,(H,31,32);2*(H,6,7)/t13-,14+;;/m0../s1. The number of anilines is 3. The van der Waals surface area contributed by atoms with Crippen LogP contribution in [-0.2, 0) is 9.59 Å². The van der Waals surface area contributed by atoms with Crippen LogP contribution in [0.15, 0.2) is 55.0 Å². The number of carbonyl (C=O) groups is 2. The van der Waals surface area contributed by atoms with Crippen molar-refractivity contribution in [1.29, 1.82) is 0 Å². The molecule has 0 radical (unpaired) electrons. The number of carboxylic acid groups (broad SMARTS) is 2. The van der Waals surface area contributed by atoms with E-state index in [4.69, 9.17) is 25.5 Å². The first kappa shape index (κ1) is 38.2. The Labute approximate surface area is 266 Å². The van der Waals surface area contributed by atoms with E-state index in [1.165, 1.54) is 35.2 Å². The monoisotopic (exact) mass is 717 g/mol. The third-order valence-electron chi connectivity index (χ3n) is 6.42. The van der Waals surface area contributed by atoms with Gasteiger partial charge in [-0.2, -0.15) is 49.1 Å². The second-order valence-corrected chi connectivity index (χ2v) is 10.00. The predicted molar refractivity (Wildman–Crippen MR) is 148 cm³/mol. The van der Waals surface area contributed by atoms with Gasteiger partial charge in [-0.15, -0.1) is 0 Å². The molecular formula is C27H22F11N7O4. The van der Waals surface area contributed by atoms with Crippen molar-refractivity contribution in [3.05, 3.63) is 66.6 Å². The molecule has 0 spiro atoms. The number of halogens is 11. The molecule has 3 aromatic heterocycles. The minimum Gasteiger partial charge on any atom is -0.475 e. The Morgan fingerprint density at radius 2 is 1.43 bits per heavy atom. The number of nitrogens with zero attached hydrogens (tertiary/aromatic N) is 5. The van der Waals surface area contributed by atoms with Crippen molar-refractivity contribution in [3.63, 3.8) is 0 Å². The van der Waals surface area contributed by atoms with E-state index in [0.29, 0.717) is 16.9 Å². The molecule has 1 aliphatic rings. The molecule has 1 fully saturated rings. The smallest absolute Gasteiger partial charge is 0.475 e. The van der Waals surface area contributed by atoms with Gasteiger partial charge in [-0.25, -0.2) is 23.4 Å². The number of benzene rings is 1. The Morgan fingerprint density at radius 3 is 1.96 bits per heavy atom. The van der Waals surface area contributed by atoms with Crippen molar-refractivity contribution in [3.8, 4) is 11.3 Å². The highest BCUT2D eigenvalue weighted by atomic mass is 19.4. The number of nitrogens with one attached hydrogen (secondary N) is 1. The molecule has 266 valence electrons.